The van der Waals surface area contributed by atoms with Gasteiger partial charge in [-0.05, 0) is 24.1 Å². The Morgan fingerprint density at radius 1 is 1.47 bits per heavy atom. The fourth-order valence-electron chi connectivity index (χ4n) is 1.67. The number of carbonyl (C=O) groups excluding carboxylic acids is 1. The van der Waals surface area contributed by atoms with Crippen molar-refractivity contribution in [3.8, 4) is 0 Å². The summed E-state index contributed by atoms with van der Waals surface area (Å²) in [7, 11) is 0. The van der Waals surface area contributed by atoms with Gasteiger partial charge in [0.15, 0.2) is 0 Å². The topological polar surface area (TPSA) is 44.9 Å². The number of aromatic nitrogens is 1. The van der Waals surface area contributed by atoms with Crippen molar-refractivity contribution in [1.29, 1.82) is 0 Å². The summed E-state index contributed by atoms with van der Waals surface area (Å²) in [6, 6.07) is 9.58. The molecule has 1 aromatic heterocycles. The van der Waals surface area contributed by atoms with E-state index in [-0.39, 0.29) is 6.04 Å². The number of para-hydroxylation sites is 1. The van der Waals surface area contributed by atoms with Gasteiger partial charge in [0.05, 0.1) is 0 Å². The molecule has 0 aliphatic carbocycles. The maximum Gasteiger partial charge on any atom is 0.223 e. The van der Waals surface area contributed by atoms with Gasteiger partial charge >= 0.3 is 0 Å². The van der Waals surface area contributed by atoms with E-state index < -0.39 is 0 Å². The minimum Gasteiger partial charge on any atom is -0.357 e. The molecule has 1 radical (unpaired) electrons. The Morgan fingerprint density at radius 3 is 2.93 bits per heavy atom. The van der Waals surface area contributed by atoms with Crippen LogP contribution in [0.2, 0.25) is 0 Å². The smallest absolute Gasteiger partial charge is 0.223 e. The van der Waals surface area contributed by atoms with Gasteiger partial charge in [-0.15, -0.1) is 0 Å². The average Bonchev–Trinajstić information content (AvgIpc) is 2.69. The summed E-state index contributed by atoms with van der Waals surface area (Å²) in [6.07, 6.45) is 1.99. The van der Waals surface area contributed by atoms with E-state index in [1.54, 1.807) is 0 Å². The van der Waals surface area contributed by atoms with E-state index in [2.05, 4.69) is 10.3 Å². The number of nitrogens with one attached hydrogen (secondary N) is 2. The second kappa shape index (κ2) is 4.28. The van der Waals surface area contributed by atoms with Gasteiger partial charge in [-0.3, -0.25) is 4.79 Å². The van der Waals surface area contributed by atoms with E-state index in [9.17, 15) is 4.79 Å². The predicted molar refractivity (Wildman–Crippen MR) is 60.4 cm³/mol. The molecule has 1 atom stereocenters. The molecule has 0 amide bonds. The van der Waals surface area contributed by atoms with Crippen LogP contribution in [0.25, 0.3) is 10.9 Å². The highest BCUT2D eigenvalue weighted by molar-refractivity contribution is 5.81. The fourth-order valence-corrected chi connectivity index (χ4v) is 1.67. The molecule has 0 aliphatic heterocycles. The van der Waals surface area contributed by atoms with Crippen LogP contribution in [0.4, 0.5) is 0 Å². The Kier molecular flexibility index (Phi) is 2.83. The first-order valence-corrected chi connectivity index (χ1v) is 5.04. The second-order valence-electron chi connectivity index (χ2n) is 3.42. The summed E-state index contributed by atoms with van der Waals surface area (Å²) in [4.78, 5) is 14.0. The first kappa shape index (κ1) is 9.93. The lowest BCUT2D eigenvalue weighted by Crippen LogP contribution is -2.22. The molecule has 0 saturated heterocycles. The summed E-state index contributed by atoms with van der Waals surface area (Å²) < 4.78 is 0. The van der Waals surface area contributed by atoms with Crippen LogP contribution in [0.15, 0.2) is 30.3 Å². The number of H-pyrrole nitrogens is 1. The Bertz CT molecular complexity index is 428. The van der Waals surface area contributed by atoms with E-state index in [4.69, 9.17) is 0 Å². The number of aromatic amines is 1. The van der Waals surface area contributed by atoms with E-state index >= 15 is 0 Å². The molecule has 0 saturated carbocycles. The van der Waals surface area contributed by atoms with Crippen molar-refractivity contribution in [2.45, 2.75) is 13.0 Å². The molecular weight excluding hydrogens is 188 g/mol. The average molecular weight is 201 g/mol. The molecular formula is C12H13N2O. The lowest BCUT2D eigenvalue weighted by Gasteiger charge is -2.06. The summed E-state index contributed by atoms with van der Waals surface area (Å²) >= 11 is 0. The van der Waals surface area contributed by atoms with Crippen molar-refractivity contribution < 1.29 is 4.79 Å². The zero-order chi connectivity index (χ0) is 10.7. The van der Waals surface area contributed by atoms with Crippen molar-refractivity contribution in [3.63, 3.8) is 0 Å². The van der Waals surface area contributed by atoms with Gasteiger partial charge in [0.1, 0.15) is 6.04 Å². The molecule has 0 spiro atoms. The maximum atomic E-state index is 10.8. The molecule has 15 heavy (non-hydrogen) atoms. The molecule has 3 nitrogen and oxygen atoms in total. The quantitative estimate of drug-likeness (QED) is 0.793. The molecule has 3 heteroatoms. The highest BCUT2D eigenvalue weighted by atomic mass is 16.1. The van der Waals surface area contributed by atoms with Crippen LogP contribution >= 0.6 is 0 Å². The van der Waals surface area contributed by atoms with E-state index in [0.717, 1.165) is 23.1 Å². The van der Waals surface area contributed by atoms with Crippen molar-refractivity contribution in [1.82, 2.24) is 10.3 Å². The lowest BCUT2D eigenvalue weighted by molar-refractivity contribution is 0.522. The Hall–Kier alpha value is -1.61. The Labute approximate surface area is 88.5 Å². The predicted octanol–water partition coefficient (Wildman–Crippen LogP) is 1.93. The molecule has 2 aromatic rings. The second-order valence-corrected chi connectivity index (χ2v) is 3.42. The van der Waals surface area contributed by atoms with Gasteiger partial charge in [-0.1, -0.05) is 25.1 Å². The zero-order valence-corrected chi connectivity index (χ0v) is 8.58. The lowest BCUT2D eigenvalue weighted by atomic mass is 10.2. The van der Waals surface area contributed by atoms with Crippen LogP contribution in [-0.2, 0) is 4.79 Å². The molecule has 1 heterocycles. The van der Waals surface area contributed by atoms with Gasteiger partial charge in [0, 0.05) is 11.2 Å². The van der Waals surface area contributed by atoms with Crippen LogP contribution in [0, 0.1) is 0 Å². The summed E-state index contributed by atoms with van der Waals surface area (Å²) in [6.45, 7) is 2.71. The minimum absolute atomic E-state index is 0.359. The van der Waals surface area contributed by atoms with Crippen LogP contribution in [0.5, 0.6) is 0 Å². The zero-order valence-electron chi connectivity index (χ0n) is 8.58. The molecule has 1 aromatic carbocycles. The van der Waals surface area contributed by atoms with Gasteiger partial charge in [0.2, 0.25) is 6.29 Å². The normalized spacial score (nSPS) is 12.9. The van der Waals surface area contributed by atoms with Crippen LogP contribution in [0.3, 0.4) is 0 Å². The highest BCUT2D eigenvalue weighted by Gasteiger charge is 2.11. The third-order valence-corrected chi connectivity index (χ3v) is 2.39. The van der Waals surface area contributed by atoms with Gasteiger partial charge < -0.3 is 10.3 Å². The van der Waals surface area contributed by atoms with Crippen LogP contribution in [-0.4, -0.2) is 17.8 Å². The van der Waals surface area contributed by atoms with Crippen LogP contribution < -0.4 is 5.32 Å². The Morgan fingerprint density at radius 2 is 2.27 bits per heavy atom. The summed E-state index contributed by atoms with van der Waals surface area (Å²) in [5.41, 5.74) is 1.92. The largest absolute Gasteiger partial charge is 0.357 e. The third kappa shape index (κ3) is 1.92. The van der Waals surface area contributed by atoms with Crippen LogP contribution in [0.1, 0.15) is 18.7 Å². The van der Waals surface area contributed by atoms with E-state index in [0.29, 0.717) is 0 Å². The Balaban J connectivity index is 2.38. The summed E-state index contributed by atoms with van der Waals surface area (Å²) in [5.74, 6) is 0. The minimum atomic E-state index is -0.359. The van der Waals surface area contributed by atoms with Gasteiger partial charge in [-0.2, -0.15) is 0 Å². The van der Waals surface area contributed by atoms with Crippen molar-refractivity contribution >= 4 is 17.2 Å². The fraction of sp³-hybridized carbons (Fsp3) is 0.250. The number of benzene rings is 1. The number of hydrogen-bond donors (Lipinski definition) is 2. The first-order chi connectivity index (χ1) is 7.35. The molecule has 2 rings (SSSR count). The van der Waals surface area contributed by atoms with Gasteiger partial charge in [0.25, 0.3) is 0 Å². The first-order valence-electron chi connectivity index (χ1n) is 5.04. The highest BCUT2D eigenvalue weighted by Crippen LogP contribution is 2.18. The molecule has 77 valence electrons. The number of fused-ring (bicyclic) bond motifs is 1. The molecule has 2 N–H and O–H groups in total. The summed E-state index contributed by atoms with van der Waals surface area (Å²) in [5, 5.41) is 4.17. The van der Waals surface area contributed by atoms with E-state index in [1.165, 1.54) is 0 Å². The number of hydrogen-bond acceptors (Lipinski definition) is 2. The third-order valence-electron chi connectivity index (χ3n) is 2.39. The van der Waals surface area contributed by atoms with Crippen molar-refractivity contribution in [2.24, 2.45) is 0 Å². The molecule has 1 unspecified atom stereocenters. The molecule has 0 fully saturated rings. The molecule has 0 aliphatic rings. The number of likely N-dealkylation sites (N-methyl/N-ethyl adjacent to an activating group) is 1. The van der Waals surface area contributed by atoms with E-state index in [1.807, 2.05) is 43.5 Å². The monoisotopic (exact) mass is 201 g/mol. The van der Waals surface area contributed by atoms with Gasteiger partial charge in [-0.25, -0.2) is 0 Å². The number of rotatable bonds is 4. The van der Waals surface area contributed by atoms with Crippen molar-refractivity contribution in [3.05, 3.63) is 36.0 Å². The maximum absolute atomic E-state index is 10.8. The molecule has 0 bridgehead atoms. The standard InChI is InChI=1S/C12H13N2O/c1-2-13-12(8-15)11-7-9-5-3-4-6-10(9)14-11/h3-7,12-14H,2H2,1H3. The SMILES string of the molecule is CCNC([C]=O)c1cc2ccccc2[nH]1. The van der Waals surface area contributed by atoms with Crippen molar-refractivity contribution in [2.75, 3.05) is 6.54 Å².